The van der Waals surface area contributed by atoms with Gasteiger partial charge in [-0.05, 0) is 42.5 Å². The van der Waals surface area contributed by atoms with Gasteiger partial charge in [0, 0.05) is 26.1 Å². The van der Waals surface area contributed by atoms with Crippen LogP contribution in [0, 0.1) is 0 Å². The van der Waals surface area contributed by atoms with E-state index in [9.17, 15) is 4.79 Å². The quantitative estimate of drug-likeness (QED) is 0.904. The second kappa shape index (κ2) is 6.92. The summed E-state index contributed by atoms with van der Waals surface area (Å²) in [6, 6.07) is 12.4. The molecule has 1 aliphatic carbocycles. The van der Waals surface area contributed by atoms with Gasteiger partial charge in [0.25, 0.3) is 0 Å². The van der Waals surface area contributed by atoms with Crippen molar-refractivity contribution in [1.29, 1.82) is 0 Å². The number of methoxy groups -OCH3 is 1. The van der Waals surface area contributed by atoms with Crippen LogP contribution >= 0.6 is 0 Å². The minimum Gasteiger partial charge on any atom is -0.461 e. The SMILES string of the molecule is COCc1ccc([C@@H]2CCCN2C(=O)NC[C@@H]2Cc3ccccc32)o1. The first-order chi connectivity index (χ1) is 12.3. The van der Waals surface area contributed by atoms with Gasteiger partial charge in [-0.25, -0.2) is 4.79 Å². The van der Waals surface area contributed by atoms with Crippen LogP contribution in [0.15, 0.2) is 40.8 Å². The summed E-state index contributed by atoms with van der Waals surface area (Å²) in [5.41, 5.74) is 2.78. The monoisotopic (exact) mass is 340 g/mol. The molecule has 0 radical (unpaired) electrons. The second-order valence-electron chi connectivity index (χ2n) is 6.87. The second-order valence-corrected chi connectivity index (χ2v) is 6.87. The molecule has 25 heavy (non-hydrogen) atoms. The lowest BCUT2D eigenvalue weighted by Crippen LogP contribution is -2.42. The molecule has 1 aromatic heterocycles. The Kier molecular flexibility index (Phi) is 4.49. The number of hydrogen-bond donors (Lipinski definition) is 1. The lowest BCUT2D eigenvalue weighted by molar-refractivity contribution is 0.156. The predicted molar refractivity (Wildman–Crippen MR) is 94.4 cm³/mol. The molecule has 2 aliphatic rings. The Labute approximate surface area is 148 Å². The maximum atomic E-state index is 12.7. The topological polar surface area (TPSA) is 54.7 Å². The molecule has 5 nitrogen and oxygen atoms in total. The van der Waals surface area contributed by atoms with Gasteiger partial charge in [-0.1, -0.05) is 24.3 Å². The average molecular weight is 340 g/mol. The summed E-state index contributed by atoms with van der Waals surface area (Å²) in [5, 5.41) is 3.12. The third kappa shape index (κ3) is 3.16. The Balaban J connectivity index is 1.36. The number of urea groups is 1. The molecule has 1 aromatic carbocycles. The molecule has 2 amide bonds. The molecule has 0 saturated carbocycles. The van der Waals surface area contributed by atoms with Gasteiger partial charge in [0.1, 0.15) is 18.1 Å². The van der Waals surface area contributed by atoms with Crippen molar-refractivity contribution in [2.45, 2.75) is 37.8 Å². The Bertz CT molecular complexity index is 755. The van der Waals surface area contributed by atoms with Crippen LogP contribution in [0.2, 0.25) is 0 Å². The van der Waals surface area contributed by atoms with E-state index in [0.717, 1.165) is 37.3 Å². The summed E-state index contributed by atoms with van der Waals surface area (Å²) in [6.07, 6.45) is 3.00. The van der Waals surface area contributed by atoms with Crippen molar-refractivity contribution in [2.24, 2.45) is 0 Å². The van der Waals surface area contributed by atoms with E-state index in [0.29, 0.717) is 19.1 Å². The van der Waals surface area contributed by atoms with Gasteiger partial charge < -0.3 is 19.4 Å². The van der Waals surface area contributed by atoms with E-state index < -0.39 is 0 Å². The maximum absolute atomic E-state index is 12.7. The molecule has 132 valence electrons. The van der Waals surface area contributed by atoms with Crippen LogP contribution < -0.4 is 5.32 Å². The first-order valence-electron chi connectivity index (χ1n) is 8.96. The average Bonchev–Trinajstić information content (AvgIpc) is 3.24. The van der Waals surface area contributed by atoms with Crippen molar-refractivity contribution in [3.8, 4) is 0 Å². The van der Waals surface area contributed by atoms with Crippen LogP contribution in [0.1, 0.15) is 47.4 Å². The number of carbonyl (C=O) groups excluding carboxylic acids is 1. The Morgan fingerprint density at radius 1 is 1.32 bits per heavy atom. The van der Waals surface area contributed by atoms with Gasteiger partial charge in [0.2, 0.25) is 0 Å². The van der Waals surface area contributed by atoms with Crippen molar-refractivity contribution >= 4 is 6.03 Å². The third-order valence-corrected chi connectivity index (χ3v) is 5.27. The van der Waals surface area contributed by atoms with E-state index in [-0.39, 0.29) is 12.1 Å². The predicted octanol–water partition coefficient (Wildman–Crippen LogP) is 3.61. The highest BCUT2D eigenvalue weighted by molar-refractivity contribution is 5.75. The molecule has 1 saturated heterocycles. The molecule has 0 unspecified atom stereocenters. The zero-order chi connectivity index (χ0) is 17.2. The number of nitrogens with zero attached hydrogens (tertiary/aromatic N) is 1. The highest BCUT2D eigenvalue weighted by atomic mass is 16.5. The van der Waals surface area contributed by atoms with Crippen LogP contribution in [0.3, 0.4) is 0 Å². The van der Waals surface area contributed by atoms with E-state index >= 15 is 0 Å². The minimum atomic E-state index is 0.0107. The van der Waals surface area contributed by atoms with E-state index in [1.54, 1.807) is 7.11 Å². The van der Waals surface area contributed by atoms with Crippen molar-refractivity contribution in [3.63, 3.8) is 0 Å². The molecule has 1 aliphatic heterocycles. The number of ether oxygens (including phenoxy) is 1. The van der Waals surface area contributed by atoms with Crippen LogP contribution in [0.4, 0.5) is 4.79 Å². The molecule has 4 rings (SSSR count). The van der Waals surface area contributed by atoms with Crippen molar-refractivity contribution < 1.29 is 13.9 Å². The van der Waals surface area contributed by atoms with E-state index in [4.69, 9.17) is 9.15 Å². The summed E-state index contributed by atoms with van der Waals surface area (Å²) in [5.74, 6) is 2.10. The number of amides is 2. The van der Waals surface area contributed by atoms with Crippen LogP contribution in [0.5, 0.6) is 0 Å². The number of nitrogens with one attached hydrogen (secondary N) is 1. The molecule has 2 aromatic rings. The van der Waals surface area contributed by atoms with Gasteiger partial charge in [-0.2, -0.15) is 0 Å². The van der Waals surface area contributed by atoms with Crippen LogP contribution in [-0.2, 0) is 17.8 Å². The normalized spacial score (nSPS) is 21.7. The Morgan fingerprint density at radius 2 is 2.20 bits per heavy atom. The Morgan fingerprint density at radius 3 is 3.04 bits per heavy atom. The largest absolute Gasteiger partial charge is 0.461 e. The van der Waals surface area contributed by atoms with Crippen LogP contribution in [0.25, 0.3) is 0 Å². The van der Waals surface area contributed by atoms with E-state index in [1.807, 2.05) is 17.0 Å². The standard InChI is InChI=1S/C20H24N2O3/c1-24-13-16-8-9-19(25-16)18-7-4-10-22(18)20(23)21-12-15-11-14-5-2-3-6-17(14)15/h2-3,5-6,8-9,15,18H,4,7,10-13H2,1H3,(H,21,23)/t15-,18-/m0/s1. The lowest BCUT2D eigenvalue weighted by Gasteiger charge is -2.31. The maximum Gasteiger partial charge on any atom is 0.318 e. The summed E-state index contributed by atoms with van der Waals surface area (Å²) < 4.78 is 11.0. The zero-order valence-corrected chi connectivity index (χ0v) is 14.5. The fourth-order valence-corrected chi connectivity index (χ4v) is 3.96. The summed E-state index contributed by atoms with van der Waals surface area (Å²) >= 11 is 0. The van der Waals surface area contributed by atoms with Crippen molar-refractivity contribution in [1.82, 2.24) is 10.2 Å². The number of benzene rings is 1. The van der Waals surface area contributed by atoms with Crippen LogP contribution in [-0.4, -0.2) is 31.1 Å². The lowest BCUT2D eigenvalue weighted by atomic mass is 9.78. The minimum absolute atomic E-state index is 0.0107. The molecule has 0 bridgehead atoms. The molecular weight excluding hydrogens is 316 g/mol. The number of furan rings is 1. The number of hydrogen-bond acceptors (Lipinski definition) is 3. The molecule has 1 N–H and O–H groups in total. The highest BCUT2D eigenvalue weighted by Gasteiger charge is 2.33. The smallest absolute Gasteiger partial charge is 0.318 e. The number of fused-ring (bicyclic) bond motifs is 1. The van der Waals surface area contributed by atoms with Gasteiger partial charge in [0.05, 0.1) is 6.04 Å². The van der Waals surface area contributed by atoms with Crippen molar-refractivity contribution in [2.75, 3.05) is 20.2 Å². The molecule has 2 atom stereocenters. The van der Waals surface area contributed by atoms with Gasteiger partial charge in [0.15, 0.2) is 0 Å². The Hall–Kier alpha value is -2.27. The van der Waals surface area contributed by atoms with Gasteiger partial charge >= 0.3 is 6.03 Å². The highest BCUT2D eigenvalue weighted by Crippen LogP contribution is 2.35. The molecule has 1 fully saturated rings. The molecule has 0 spiro atoms. The fourth-order valence-electron chi connectivity index (χ4n) is 3.96. The fraction of sp³-hybridized carbons (Fsp3) is 0.450. The summed E-state index contributed by atoms with van der Waals surface area (Å²) in [4.78, 5) is 14.6. The summed E-state index contributed by atoms with van der Waals surface area (Å²) in [6.45, 7) is 1.93. The number of carbonyl (C=O) groups is 1. The zero-order valence-electron chi connectivity index (χ0n) is 14.5. The summed E-state index contributed by atoms with van der Waals surface area (Å²) in [7, 11) is 1.65. The van der Waals surface area contributed by atoms with Crippen molar-refractivity contribution in [3.05, 3.63) is 59.0 Å². The molecular formula is C20H24N2O3. The third-order valence-electron chi connectivity index (χ3n) is 5.27. The first kappa shape index (κ1) is 16.2. The van der Waals surface area contributed by atoms with E-state index in [2.05, 4.69) is 29.6 Å². The number of likely N-dealkylation sites (tertiary alicyclic amines) is 1. The number of rotatable bonds is 5. The molecule has 2 heterocycles. The van der Waals surface area contributed by atoms with E-state index in [1.165, 1.54) is 11.1 Å². The first-order valence-corrected chi connectivity index (χ1v) is 8.96. The molecule has 5 heteroatoms. The van der Waals surface area contributed by atoms with Gasteiger partial charge in [-0.3, -0.25) is 0 Å². The van der Waals surface area contributed by atoms with Gasteiger partial charge in [-0.15, -0.1) is 0 Å².